The Hall–Kier alpha value is -3.55. The molecule has 0 fully saturated rings. The molecule has 0 saturated heterocycles. The zero-order valence-corrected chi connectivity index (χ0v) is 14.9. The molecule has 0 radical (unpaired) electrons. The summed E-state index contributed by atoms with van der Waals surface area (Å²) in [6.45, 7) is -0.289. The zero-order chi connectivity index (χ0) is 19.5. The predicted octanol–water partition coefficient (Wildman–Crippen LogP) is 4.14. The highest BCUT2D eigenvalue weighted by molar-refractivity contribution is 7.99. The Bertz CT molecular complexity index is 786. The summed E-state index contributed by atoms with van der Waals surface area (Å²) in [6.07, 6.45) is 8.27. The molecular formula is C20H14O6S. The second-order valence-corrected chi connectivity index (χ2v) is 5.88. The first-order valence-electron chi connectivity index (χ1n) is 7.55. The molecule has 0 spiro atoms. The minimum atomic E-state index is -0.857. The molecule has 0 aromatic heterocycles. The molecule has 0 atom stereocenters. The second kappa shape index (κ2) is 10.4. The highest BCUT2D eigenvalue weighted by atomic mass is 32.2. The fraction of sp³-hybridized carbons (Fsp3) is 0.100. The van der Waals surface area contributed by atoms with E-state index in [4.69, 9.17) is 22.3 Å². The SMILES string of the molecule is C#CCOC(=O)Oc1ccc(Sc2ccc(OC(=O)OCC#C)cc2)cc1. The summed E-state index contributed by atoms with van der Waals surface area (Å²) in [4.78, 5) is 24.5. The fourth-order valence-electron chi connectivity index (χ4n) is 1.74. The van der Waals surface area contributed by atoms with E-state index in [1.807, 2.05) is 0 Å². The number of rotatable bonds is 6. The largest absolute Gasteiger partial charge is 0.514 e. The molecule has 0 bridgehead atoms. The van der Waals surface area contributed by atoms with E-state index in [0.29, 0.717) is 11.5 Å². The number of hydrogen-bond acceptors (Lipinski definition) is 7. The Labute approximate surface area is 160 Å². The van der Waals surface area contributed by atoms with Crippen LogP contribution < -0.4 is 9.47 Å². The molecule has 2 rings (SSSR count). The van der Waals surface area contributed by atoms with Crippen LogP contribution in [0.5, 0.6) is 11.5 Å². The topological polar surface area (TPSA) is 71.1 Å². The predicted molar refractivity (Wildman–Crippen MR) is 98.6 cm³/mol. The lowest BCUT2D eigenvalue weighted by Gasteiger charge is -2.06. The van der Waals surface area contributed by atoms with Crippen molar-refractivity contribution in [1.29, 1.82) is 0 Å². The lowest BCUT2D eigenvalue weighted by atomic mass is 10.3. The van der Waals surface area contributed by atoms with Gasteiger partial charge in [0.05, 0.1) is 0 Å². The van der Waals surface area contributed by atoms with Gasteiger partial charge in [-0.3, -0.25) is 0 Å². The summed E-state index contributed by atoms with van der Waals surface area (Å²) in [7, 11) is 0. The van der Waals surface area contributed by atoms with E-state index in [1.165, 1.54) is 11.8 Å². The van der Waals surface area contributed by atoms with Crippen molar-refractivity contribution in [2.45, 2.75) is 9.79 Å². The quantitative estimate of drug-likeness (QED) is 0.422. The van der Waals surface area contributed by atoms with E-state index in [9.17, 15) is 9.59 Å². The fourth-order valence-corrected chi connectivity index (χ4v) is 2.56. The van der Waals surface area contributed by atoms with Gasteiger partial charge in [-0.05, 0) is 48.5 Å². The van der Waals surface area contributed by atoms with Crippen LogP contribution in [0.15, 0.2) is 58.3 Å². The van der Waals surface area contributed by atoms with Gasteiger partial charge in [-0.2, -0.15) is 0 Å². The molecule has 7 heteroatoms. The summed E-state index contributed by atoms with van der Waals surface area (Å²) in [5.41, 5.74) is 0. The van der Waals surface area contributed by atoms with Crippen molar-refractivity contribution in [2.24, 2.45) is 0 Å². The van der Waals surface area contributed by atoms with Crippen molar-refractivity contribution in [3.05, 3.63) is 48.5 Å². The normalized spacial score (nSPS) is 9.41. The van der Waals surface area contributed by atoms with E-state index in [-0.39, 0.29) is 13.2 Å². The third kappa shape index (κ3) is 7.07. The number of carbonyl (C=O) groups excluding carboxylic acids is 2. The first-order chi connectivity index (χ1) is 13.1. The van der Waals surface area contributed by atoms with Crippen LogP contribution in [0.4, 0.5) is 9.59 Å². The van der Waals surface area contributed by atoms with E-state index in [1.54, 1.807) is 48.5 Å². The van der Waals surface area contributed by atoms with Gasteiger partial charge in [-0.1, -0.05) is 23.6 Å². The lowest BCUT2D eigenvalue weighted by Crippen LogP contribution is -2.10. The maximum Gasteiger partial charge on any atom is 0.514 e. The monoisotopic (exact) mass is 382 g/mol. The van der Waals surface area contributed by atoms with Crippen LogP contribution in [0.2, 0.25) is 0 Å². The molecule has 6 nitrogen and oxygen atoms in total. The first-order valence-corrected chi connectivity index (χ1v) is 8.36. The first kappa shape index (κ1) is 19.8. The standard InChI is InChI=1S/C20H14O6S/c1-3-13-23-19(21)25-15-5-9-17(10-6-15)27-18-11-7-16(8-12-18)26-20(22)24-14-4-2/h1-2,5-12H,13-14H2. The summed E-state index contributed by atoms with van der Waals surface area (Å²) >= 11 is 1.47. The van der Waals surface area contributed by atoms with Gasteiger partial charge in [0.15, 0.2) is 13.2 Å². The van der Waals surface area contributed by atoms with Crippen molar-refractivity contribution in [3.8, 4) is 36.2 Å². The number of carbonyl (C=O) groups is 2. The third-order valence-corrected chi connectivity index (χ3v) is 3.85. The van der Waals surface area contributed by atoms with Gasteiger partial charge in [0.2, 0.25) is 0 Å². The van der Waals surface area contributed by atoms with Crippen LogP contribution in [0.25, 0.3) is 0 Å². The Morgan fingerprint density at radius 2 is 1.11 bits per heavy atom. The molecule has 2 aromatic carbocycles. The highest BCUT2D eigenvalue weighted by Crippen LogP contribution is 2.30. The molecule has 2 aromatic rings. The van der Waals surface area contributed by atoms with Crippen LogP contribution in [0, 0.1) is 24.7 Å². The maximum atomic E-state index is 11.3. The van der Waals surface area contributed by atoms with Crippen LogP contribution >= 0.6 is 11.8 Å². The molecule has 0 saturated carbocycles. The van der Waals surface area contributed by atoms with Crippen LogP contribution in [0.3, 0.4) is 0 Å². The lowest BCUT2D eigenvalue weighted by molar-refractivity contribution is 0.110. The molecule has 0 heterocycles. The van der Waals surface area contributed by atoms with Crippen LogP contribution in [-0.4, -0.2) is 25.5 Å². The highest BCUT2D eigenvalue weighted by Gasteiger charge is 2.07. The Morgan fingerprint density at radius 1 is 0.741 bits per heavy atom. The summed E-state index contributed by atoms with van der Waals surface area (Å²) in [5.74, 6) is 5.04. The second-order valence-electron chi connectivity index (χ2n) is 4.73. The summed E-state index contributed by atoms with van der Waals surface area (Å²) in [5, 5.41) is 0. The van der Waals surface area contributed by atoms with E-state index >= 15 is 0 Å². The number of terminal acetylenes is 2. The molecule has 136 valence electrons. The van der Waals surface area contributed by atoms with E-state index in [0.717, 1.165) is 9.79 Å². The van der Waals surface area contributed by atoms with Crippen molar-refractivity contribution in [3.63, 3.8) is 0 Å². The minimum Gasteiger partial charge on any atom is -0.421 e. The molecule has 27 heavy (non-hydrogen) atoms. The smallest absolute Gasteiger partial charge is 0.421 e. The summed E-state index contributed by atoms with van der Waals surface area (Å²) in [6, 6.07) is 13.7. The number of benzene rings is 2. The Balaban J connectivity index is 1.88. The van der Waals surface area contributed by atoms with Crippen LogP contribution in [-0.2, 0) is 9.47 Å². The Morgan fingerprint density at radius 3 is 1.44 bits per heavy atom. The van der Waals surface area contributed by atoms with E-state index in [2.05, 4.69) is 21.3 Å². The molecule has 0 amide bonds. The Kier molecular flexibility index (Phi) is 7.65. The molecular weight excluding hydrogens is 368 g/mol. The average Bonchev–Trinajstić information content (AvgIpc) is 2.68. The third-order valence-electron chi connectivity index (χ3n) is 2.83. The van der Waals surface area contributed by atoms with Gasteiger partial charge in [0.1, 0.15) is 11.5 Å². The molecule has 0 aliphatic carbocycles. The van der Waals surface area contributed by atoms with Crippen molar-refractivity contribution in [1.82, 2.24) is 0 Å². The van der Waals surface area contributed by atoms with Crippen molar-refractivity contribution >= 4 is 24.1 Å². The van der Waals surface area contributed by atoms with Gasteiger partial charge in [-0.25, -0.2) is 9.59 Å². The van der Waals surface area contributed by atoms with Crippen LogP contribution in [0.1, 0.15) is 0 Å². The van der Waals surface area contributed by atoms with E-state index < -0.39 is 12.3 Å². The molecule has 0 aliphatic heterocycles. The van der Waals surface area contributed by atoms with Crippen molar-refractivity contribution in [2.75, 3.05) is 13.2 Å². The van der Waals surface area contributed by atoms with Gasteiger partial charge in [-0.15, -0.1) is 12.8 Å². The number of ether oxygens (including phenoxy) is 4. The maximum absolute atomic E-state index is 11.3. The zero-order valence-electron chi connectivity index (χ0n) is 14.0. The van der Waals surface area contributed by atoms with Gasteiger partial charge in [0.25, 0.3) is 0 Å². The van der Waals surface area contributed by atoms with Gasteiger partial charge >= 0.3 is 12.3 Å². The van der Waals surface area contributed by atoms with Gasteiger partial charge in [0, 0.05) is 9.79 Å². The minimum absolute atomic E-state index is 0.145. The van der Waals surface area contributed by atoms with Gasteiger partial charge < -0.3 is 18.9 Å². The molecule has 0 unspecified atom stereocenters. The summed E-state index contributed by atoms with van der Waals surface area (Å²) < 4.78 is 19.2. The molecule has 0 N–H and O–H groups in total. The van der Waals surface area contributed by atoms with Crippen molar-refractivity contribution < 1.29 is 28.5 Å². The molecule has 0 aliphatic rings. The number of hydrogen-bond donors (Lipinski definition) is 0. The average molecular weight is 382 g/mol.